The first-order valence-electron chi connectivity index (χ1n) is 9.75. The van der Waals surface area contributed by atoms with E-state index in [9.17, 15) is 12.8 Å². The van der Waals surface area contributed by atoms with Gasteiger partial charge in [0, 0.05) is 11.8 Å². The molecule has 0 saturated heterocycles. The number of oxazole rings is 1. The van der Waals surface area contributed by atoms with Crippen molar-refractivity contribution in [3.63, 3.8) is 0 Å². The van der Waals surface area contributed by atoms with Crippen LogP contribution in [-0.2, 0) is 9.84 Å². The monoisotopic (exact) mass is 452 g/mol. The molecule has 0 saturated carbocycles. The standard InChI is InChI=1S/C23H17FN2O5S/c24-18-9-5-4-8-17(18)21-26-23(22(31-21)25-15-6-2-1-3-7-15)32(27,28)16-10-11-19-20(14-16)30-13-12-29-19/h1-11,14,25H,12-13H2. The summed E-state index contributed by atoms with van der Waals surface area (Å²) >= 11 is 0. The number of halogens is 1. The number of nitrogens with one attached hydrogen (secondary N) is 1. The molecule has 5 rings (SSSR count). The summed E-state index contributed by atoms with van der Waals surface area (Å²) in [5.74, 6) is -0.0666. The van der Waals surface area contributed by atoms with Crippen LogP contribution in [0.25, 0.3) is 11.5 Å². The molecule has 0 radical (unpaired) electrons. The third kappa shape index (κ3) is 3.67. The molecule has 0 fully saturated rings. The van der Waals surface area contributed by atoms with Crippen molar-refractivity contribution in [3.8, 4) is 23.0 Å². The molecule has 0 bridgehead atoms. The van der Waals surface area contributed by atoms with Crippen molar-refractivity contribution in [2.45, 2.75) is 9.92 Å². The van der Waals surface area contributed by atoms with Gasteiger partial charge >= 0.3 is 0 Å². The SMILES string of the molecule is O=S(=O)(c1ccc2c(c1)OCCO2)c1nc(-c2ccccc2F)oc1Nc1ccccc1. The van der Waals surface area contributed by atoms with Crippen LogP contribution >= 0.6 is 0 Å². The van der Waals surface area contributed by atoms with Gasteiger partial charge in [-0.05, 0) is 36.4 Å². The molecular formula is C23H17FN2O5S. The summed E-state index contributed by atoms with van der Waals surface area (Å²) in [6.45, 7) is 0.707. The number of para-hydroxylation sites is 1. The average molecular weight is 452 g/mol. The van der Waals surface area contributed by atoms with E-state index in [4.69, 9.17) is 13.9 Å². The van der Waals surface area contributed by atoms with Gasteiger partial charge in [0.05, 0.1) is 10.5 Å². The van der Waals surface area contributed by atoms with Crippen molar-refractivity contribution in [2.75, 3.05) is 18.5 Å². The van der Waals surface area contributed by atoms with Gasteiger partial charge in [-0.3, -0.25) is 0 Å². The number of anilines is 2. The lowest BCUT2D eigenvalue weighted by Crippen LogP contribution is -2.16. The molecule has 9 heteroatoms. The van der Waals surface area contributed by atoms with Crippen LogP contribution < -0.4 is 14.8 Å². The summed E-state index contributed by atoms with van der Waals surface area (Å²) in [6, 6.07) is 19.0. The van der Waals surface area contributed by atoms with Crippen LogP contribution in [0.1, 0.15) is 0 Å². The number of rotatable bonds is 5. The summed E-state index contributed by atoms with van der Waals surface area (Å²) in [5.41, 5.74) is 0.634. The Kier molecular flexibility index (Phi) is 5.02. The first kappa shape index (κ1) is 20.1. The fourth-order valence-corrected chi connectivity index (χ4v) is 4.54. The van der Waals surface area contributed by atoms with E-state index < -0.39 is 15.7 Å². The largest absolute Gasteiger partial charge is 0.486 e. The zero-order chi connectivity index (χ0) is 22.1. The first-order chi connectivity index (χ1) is 15.5. The summed E-state index contributed by atoms with van der Waals surface area (Å²) in [6.07, 6.45) is 0. The fourth-order valence-electron chi connectivity index (χ4n) is 3.27. The zero-order valence-corrected chi connectivity index (χ0v) is 17.4. The van der Waals surface area contributed by atoms with Crippen molar-refractivity contribution in [1.82, 2.24) is 4.98 Å². The molecule has 162 valence electrons. The summed E-state index contributed by atoms with van der Waals surface area (Å²) in [5, 5.41) is 2.57. The van der Waals surface area contributed by atoms with Gasteiger partial charge in [-0.1, -0.05) is 30.3 Å². The van der Waals surface area contributed by atoms with E-state index in [1.165, 1.54) is 36.4 Å². The summed E-state index contributed by atoms with van der Waals surface area (Å²) in [7, 11) is -4.15. The smallest absolute Gasteiger partial charge is 0.238 e. The van der Waals surface area contributed by atoms with Gasteiger partial charge in [0.15, 0.2) is 11.5 Å². The van der Waals surface area contributed by atoms with Gasteiger partial charge in [0.2, 0.25) is 26.6 Å². The van der Waals surface area contributed by atoms with Crippen LogP contribution in [0.5, 0.6) is 11.5 Å². The Morgan fingerprint density at radius 2 is 1.59 bits per heavy atom. The van der Waals surface area contributed by atoms with E-state index in [0.29, 0.717) is 30.4 Å². The molecule has 1 aliphatic rings. The molecular weight excluding hydrogens is 435 g/mol. The molecule has 1 N–H and O–H groups in total. The predicted molar refractivity (Wildman–Crippen MR) is 115 cm³/mol. The van der Waals surface area contributed by atoms with E-state index >= 15 is 0 Å². The maximum absolute atomic E-state index is 14.4. The summed E-state index contributed by atoms with van der Waals surface area (Å²) < 4.78 is 58.1. The summed E-state index contributed by atoms with van der Waals surface area (Å²) in [4.78, 5) is 4.12. The molecule has 32 heavy (non-hydrogen) atoms. The lowest BCUT2D eigenvalue weighted by Gasteiger charge is -2.18. The van der Waals surface area contributed by atoms with Gasteiger partial charge in [-0.15, -0.1) is 0 Å². The second kappa shape index (κ2) is 8.01. The van der Waals surface area contributed by atoms with Crippen LogP contribution in [0.2, 0.25) is 0 Å². The highest BCUT2D eigenvalue weighted by Crippen LogP contribution is 2.38. The maximum Gasteiger partial charge on any atom is 0.238 e. The number of fused-ring (bicyclic) bond motifs is 1. The molecule has 7 nitrogen and oxygen atoms in total. The third-order valence-corrected chi connectivity index (χ3v) is 6.47. The number of aromatic nitrogens is 1. The van der Waals surface area contributed by atoms with Crippen molar-refractivity contribution < 1.29 is 26.7 Å². The predicted octanol–water partition coefficient (Wildman–Crippen LogP) is 4.83. The minimum absolute atomic E-state index is 0.0484. The molecule has 0 spiro atoms. The number of nitrogens with zero attached hydrogens (tertiary/aromatic N) is 1. The van der Waals surface area contributed by atoms with Gasteiger partial charge < -0.3 is 19.2 Å². The Labute approximate surface area is 183 Å². The van der Waals surface area contributed by atoms with E-state index in [1.54, 1.807) is 30.3 Å². The molecule has 0 atom stereocenters. The van der Waals surface area contributed by atoms with Crippen LogP contribution in [0, 0.1) is 5.82 Å². The second-order valence-electron chi connectivity index (χ2n) is 6.93. The minimum Gasteiger partial charge on any atom is -0.486 e. The van der Waals surface area contributed by atoms with Crippen LogP contribution in [0.15, 0.2) is 87.1 Å². The molecule has 0 aliphatic carbocycles. The molecule has 0 unspecified atom stereocenters. The maximum atomic E-state index is 14.4. The van der Waals surface area contributed by atoms with Crippen molar-refractivity contribution >= 4 is 21.4 Å². The number of ether oxygens (including phenoxy) is 2. The minimum atomic E-state index is -4.15. The number of sulfone groups is 1. The molecule has 0 amide bonds. The number of hydrogen-bond acceptors (Lipinski definition) is 7. The van der Waals surface area contributed by atoms with Gasteiger partial charge in [0.25, 0.3) is 0 Å². The molecule has 3 aromatic carbocycles. The average Bonchev–Trinajstić information content (AvgIpc) is 3.24. The Morgan fingerprint density at radius 3 is 2.38 bits per heavy atom. The van der Waals surface area contributed by atoms with E-state index in [2.05, 4.69) is 10.3 Å². The van der Waals surface area contributed by atoms with Gasteiger partial charge in [0.1, 0.15) is 19.0 Å². The van der Waals surface area contributed by atoms with Crippen LogP contribution in [0.3, 0.4) is 0 Å². The van der Waals surface area contributed by atoms with E-state index in [1.807, 2.05) is 6.07 Å². The quantitative estimate of drug-likeness (QED) is 0.464. The van der Waals surface area contributed by atoms with Crippen molar-refractivity contribution in [2.24, 2.45) is 0 Å². The topological polar surface area (TPSA) is 90.7 Å². The number of benzene rings is 3. The molecule has 1 aromatic heterocycles. The zero-order valence-electron chi connectivity index (χ0n) is 16.6. The highest BCUT2D eigenvalue weighted by molar-refractivity contribution is 7.91. The van der Waals surface area contributed by atoms with Crippen molar-refractivity contribution in [3.05, 3.63) is 78.6 Å². The lowest BCUT2D eigenvalue weighted by molar-refractivity contribution is 0.171. The highest BCUT2D eigenvalue weighted by Gasteiger charge is 2.30. The molecule has 1 aliphatic heterocycles. The normalized spacial score (nSPS) is 13.0. The highest BCUT2D eigenvalue weighted by atomic mass is 32.2. The van der Waals surface area contributed by atoms with Crippen LogP contribution in [0.4, 0.5) is 16.0 Å². The van der Waals surface area contributed by atoms with E-state index in [-0.39, 0.29) is 27.3 Å². The fraction of sp³-hybridized carbons (Fsp3) is 0.0870. The Bertz CT molecular complexity index is 1390. The Hall–Kier alpha value is -3.85. The molecule has 4 aromatic rings. The van der Waals surface area contributed by atoms with Gasteiger partial charge in [-0.2, -0.15) is 4.98 Å². The van der Waals surface area contributed by atoms with E-state index in [0.717, 1.165) is 0 Å². The Balaban J connectivity index is 1.63. The third-order valence-electron chi connectivity index (χ3n) is 4.81. The Morgan fingerprint density at radius 1 is 0.875 bits per heavy atom. The first-order valence-corrected chi connectivity index (χ1v) is 11.2. The molecule has 2 heterocycles. The van der Waals surface area contributed by atoms with Crippen molar-refractivity contribution in [1.29, 1.82) is 0 Å². The number of hydrogen-bond donors (Lipinski definition) is 1. The lowest BCUT2D eigenvalue weighted by atomic mass is 10.2. The van der Waals surface area contributed by atoms with Crippen LogP contribution in [-0.4, -0.2) is 26.6 Å². The second-order valence-corrected chi connectivity index (χ2v) is 8.80. The van der Waals surface area contributed by atoms with Gasteiger partial charge in [-0.25, -0.2) is 12.8 Å².